The number of likely N-dealkylation sites (tertiary alicyclic amines) is 1. The third-order valence-corrected chi connectivity index (χ3v) is 5.76. The smallest absolute Gasteiger partial charge is 0.274 e. The van der Waals surface area contributed by atoms with Gasteiger partial charge in [0, 0.05) is 25.8 Å². The van der Waals surface area contributed by atoms with Crippen LogP contribution in [-0.2, 0) is 13.5 Å². The van der Waals surface area contributed by atoms with Crippen LogP contribution in [0.25, 0.3) is 11.0 Å². The Morgan fingerprint density at radius 1 is 1.21 bits per heavy atom. The number of aromatic nitrogens is 3. The Kier molecular flexibility index (Phi) is 5.03. The van der Waals surface area contributed by atoms with Gasteiger partial charge in [-0.05, 0) is 50.2 Å². The molecule has 1 aliphatic rings. The van der Waals surface area contributed by atoms with E-state index in [0.717, 1.165) is 44.5 Å². The van der Waals surface area contributed by atoms with E-state index in [1.165, 1.54) is 5.56 Å². The van der Waals surface area contributed by atoms with Crippen LogP contribution in [0, 0.1) is 12.8 Å². The molecule has 28 heavy (non-hydrogen) atoms. The van der Waals surface area contributed by atoms with Gasteiger partial charge in [-0.15, -0.1) is 0 Å². The monoisotopic (exact) mass is 378 g/mol. The summed E-state index contributed by atoms with van der Waals surface area (Å²) >= 11 is 0. The molecule has 0 bridgehead atoms. The fourth-order valence-corrected chi connectivity index (χ4v) is 4.16. The number of pyridine rings is 1. The zero-order chi connectivity index (χ0) is 19.7. The molecule has 6 heteroatoms. The first-order chi connectivity index (χ1) is 13.5. The zero-order valence-corrected chi connectivity index (χ0v) is 16.4. The van der Waals surface area contributed by atoms with Crippen molar-refractivity contribution in [2.24, 2.45) is 13.0 Å². The number of hydrogen-bond donors (Lipinski definition) is 1. The molecule has 1 aromatic carbocycles. The molecule has 2 aromatic heterocycles. The van der Waals surface area contributed by atoms with E-state index in [9.17, 15) is 9.59 Å². The first-order valence-corrected chi connectivity index (χ1v) is 9.92. The van der Waals surface area contributed by atoms with Gasteiger partial charge in [0.05, 0.1) is 10.9 Å². The van der Waals surface area contributed by atoms with Crippen LogP contribution in [0.15, 0.2) is 41.2 Å². The molecule has 0 atom stereocenters. The molecule has 0 aliphatic carbocycles. The summed E-state index contributed by atoms with van der Waals surface area (Å²) in [4.78, 5) is 31.8. The maximum Gasteiger partial charge on any atom is 0.274 e. The number of benzene rings is 1. The summed E-state index contributed by atoms with van der Waals surface area (Å²) in [6.45, 7) is 3.33. The van der Waals surface area contributed by atoms with Crippen LogP contribution < -0.4 is 5.56 Å². The van der Waals surface area contributed by atoms with Gasteiger partial charge in [-0.25, -0.2) is 4.98 Å². The summed E-state index contributed by atoms with van der Waals surface area (Å²) in [6.07, 6.45) is 4.26. The molecule has 0 spiro atoms. The average molecular weight is 378 g/mol. The van der Waals surface area contributed by atoms with E-state index in [-0.39, 0.29) is 11.5 Å². The fourth-order valence-electron chi connectivity index (χ4n) is 4.16. The third-order valence-electron chi connectivity index (χ3n) is 5.76. The van der Waals surface area contributed by atoms with E-state index < -0.39 is 0 Å². The number of nitrogens with zero attached hydrogens (tertiary/aromatic N) is 3. The van der Waals surface area contributed by atoms with Gasteiger partial charge in [0.2, 0.25) is 0 Å². The molecule has 0 saturated carbocycles. The molecule has 6 nitrogen and oxygen atoms in total. The quantitative estimate of drug-likeness (QED) is 0.758. The molecule has 1 N–H and O–H groups in total. The summed E-state index contributed by atoms with van der Waals surface area (Å²) in [5.74, 6) is 0.581. The van der Waals surface area contributed by atoms with Gasteiger partial charge in [-0.3, -0.25) is 19.4 Å². The minimum Gasteiger partial charge on any atom is -0.339 e. The Balaban J connectivity index is 1.45. The zero-order valence-electron chi connectivity index (χ0n) is 16.4. The van der Waals surface area contributed by atoms with Crippen molar-refractivity contribution in [2.75, 3.05) is 13.1 Å². The standard InChI is InChI=1S/C22H26N4O2/c1-15-14-18(19-20(23-15)25(2)24-21(19)27)22(28)26-12-10-17(11-13-26)9-8-16-6-4-3-5-7-16/h3-7,14,17H,8-13H2,1-2H3,(H,24,27). The molecule has 0 radical (unpaired) electrons. The highest BCUT2D eigenvalue weighted by atomic mass is 16.2. The maximum atomic E-state index is 13.1. The van der Waals surface area contributed by atoms with Crippen LogP contribution in [0.3, 0.4) is 0 Å². The highest BCUT2D eigenvalue weighted by molar-refractivity contribution is 6.05. The van der Waals surface area contributed by atoms with Crippen LogP contribution in [-0.4, -0.2) is 38.7 Å². The summed E-state index contributed by atoms with van der Waals surface area (Å²) in [5.41, 5.74) is 2.85. The third kappa shape index (κ3) is 3.59. The van der Waals surface area contributed by atoms with Gasteiger partial charge in [0.25, 0.3) is 11.5 Å². The number of H-pyrrole nitrogens is 1. The minimum atomic E-state index is -0.258. The SMILES string of the molecule is Cc1cc(C(=O)N2CCC(CCc3ccccc3)CC2)c2c(=O)[nH]n(C)c2n1. The molecule has 1 amide bonds. The second kappa shape index (κ2) is 7.62. The molecular weight excluding hydrogens is 352 g/mol. The number of aromatic amines is 1. The predicted octanol–water partition coefficient (Wildman–Crippen LogP) is 3.06. The Morgan fingerprint density at radius 2 is 1.93 bits per heavy atom. The molecule has 4 rings (SSSR count). The van der Waals surface area contributed by atoms with E-state index in [1.807, 2.05) is 17.9 Å². The summed E-state index contributed by atoms with van der Waals surface area (Å²) in [6, 6.07) is 12.3. The Bertz CT molecular complexity index is 1040. The first kappa shape index (κ1) is 18.5. The largest absolute Gasteiger partial charge is 0.339 e. The fraction of sp³-hybridized carbons (Fsp3) is 0.409. The normalized spacial score (nSPS) is 15.3. The van der Waals surface area contributed by atoms with E-state index in [4.69, 9.17) is 0 Å². The van der Waals surface area contributed by atoms with Crippen molar-refractivity contribution in [3.63, 3.8) is 0 Å². The minimum absolute atomic E-state index is 0.0614. The molecule has 1 aliphatic heterocycles. The van der Waals surface area contributed by atoms with Crippen LogP contribution in [0.5, 0.6) is 0 Å². The lowest BCUT2D eigenvalue weighted by atomic mass is 9.90. The van der Waals surface area contributed by atoms with E-state index >= 15 is 0 Å². The van der Waals surface area contributed by atoms with Crippen LogP contribution in [0.4, 0.5) is 0 Å². The van der Waals surface area contributed by atoms with Gasteiger partial charge >= 0.3 is 0 Å². The number of piperidine rings is 1. The van der Waals surface area contributed by atoms with Crippen molar-refractivity contribution in [3.05, 3.63) is 63.6 Å². The Labute approximate surface area is 164 Å². The first-order valence-electron chi connectivity index (χ1n) is 9.92. The Hall–Kier alpha value is -2.89. The number of hydrogen-bond acceptors (Lipinski definition) is 3. The van der Waals surface area contributed by atoms with Crippen LogP contribution in [0.1, 0.15) is 40.9 Å². The predicted molar refractivity (Wildman–Crippen MR) is 109 cm³/mol. The number of rotatable bonds is 4. The van der Waals surface area contributed by atoms with Gasteiger partial charge < -0.3 is 4.90 Å². The van der Waals surface area contributed by atoms with Crippen molar-refractivity contribution < 1.29 is 4.79 Å². The molecular formula is C22H26N4O2. The summed E-state index contributed by atoms with van der Waals surface area (Å²) in [5, 5.41) is 3.10. The summed E-state index contributed by atoms with van der Waals surface area (Å²) < 4.78 is 1.58. The lowest BCUT2D eigenvalue weighted by molar-refractivity contribution is 0.0688. The van der Waals surface area contributed by atoms with Crippen molar-refractivity contribution in [2.45, 2.75) is 32.6 Å². The second-order valence-electron chi connectivity index (χ2n) is 7.77. The van der Waals surface area contributed by atoms with Crippen molar-refractivity contribution in [3.8, 4) is 0 Å². The van der Waals surface area contributed by atoms with Gasteiger partial charge in [0.15, 0.2) is 5.65 Å². The lowest BCUT2D eigenvalue weighted by Crippen LogP contribution is -2.39. The van der Waals surface area contributed by atoms with Crippen LogP contribution in [0.2, 0.25) is 0 Å². The maximum absolute atomic E-state index is 13.1. The van der Waals surface area contributed by atoms with Crippen molar-refractivity contribution in [1.29, 1.82) is 0 Å². The van der Waals surface area contributed by atoms with E-state index in [2.05, 4.69) is 34.3 Å². The molecule has 1 saturated heterocycles. The second-order valence-corrected chi connectivity index (χ2v) is 7.77. The molecule has 3 aromatic rings. The number of carbonyl (C=O) groups is 1. The van der Waals surface area contributed by atoms with E-state index in [0.29, 0.717) is 22.5 Å². The van der Waals surface area contributed by atoms with Gasteiger partial charge in [-0.2, -0.15) is 0 Å². The topological polar surface area (TPSA) is 71.0 Å². The van der Waals surface area contributed by atoms with E-state index in [1.54, 1.807) is 17.8 Å². The number of fused-ring (bicyclic) bond motifs is 1. The molecule has 3 heterocycles. The Morgan fingerprint density at radius 3 is 2.64 bits per heavy atom. The highest BCUT2D eigenvalue weighted by Gasteiger charge is 2.26. The summed E-state index contributed by atoms with van der Waals surface area (Å²) in [7, 11) is 1.74. The van der Waals surface area contributed by atoms with Crippen molar-refractivity contribution >= 4 is 16.9 Å². The van der Waals surface area contributed by atoms with Gasteiger partial charge in [-0.1, -0.05) is 30.3 Å². The highest BCUT2D eigenvalue weighted by Crippen LogP contribution is 2.25. The molecule has 146 valence electrons. The lowest BCUT2D eigenvalue weighted by Gasteiger charge is -2.32. The van der Waals surface area contributed by atoms with Gasteiger partial charge in [0.1, 0.15) is 0 Å². The van der Waals surface area contributed by atoms with Crippen molar-refractivity contribution in [1.82, 2.24) is 19.7 Å². The molecule has 1 fully saturated rings. The van der Waals surface area contributed by atoms with Crippen LogP contribution >= 0.6 is 0 Å². The number of carbonyl (C=O) groups excluding carboxylic acids is 1. The average Bonchev–Trinajstić information content (AvgIpc) is 3.00. The number of aryl methyl sites for hydroxylation is 3. The number of nitrogens with one attached hydrogen (secondary N) is 1. The number of amides is 1. The molecule has 0 unspecified atom stereocenters.